The van der Waals surface area contributed by atoms with E-state index >= 15 is 0 Å². The Kier molecular flexibility index (Phi) is 64.9. The van der Waals surface area contributed by atoms with Crippen molar-refractivity contribution in [3.05, 3.63) is 170 Å². The van der Waals surface area contributed by atoms with Crippen molar-refractivity contribution >= 4 is 17.9 Å². The van der Waals surface area contributed by atoms with Crippen LogP contribution in [0.15, 0.2) is 170 Å². The van der Waals surface area contributed by atoms with Gasteiger partial charge in [0.05, 0.1) is 0 Å². The largest absolute Gasteiger partial charge is 0.462 e. The summed E-state index contributed by atoms with van der Waals surface area (Å²) in [4.78, 5) is 38.4. The van der Waals surface area contributed by atoms with E-state index < -0.39 is 6.10 Å². The SMILES string of the molecule is CC/C=C\C/C=C\C/C=C\C/C=C\C/C=C\CCCCCCCCCCCCCCCC(=O)OCC(COC(=O)CCCC/C=C\C/C=C\C/C=C\C/C=C\CC)OC(=O)CCCCCCC/C=C\C/C=C\C/C=C\C/C=C\C/C=C\CC. The minimum absolute atomic E-state index is 0.107. The lowest BCUT2D eigenvalue weighted by Gasteiger charge is -2.18. The third-order valence-electron chi connectivity index (χ3n) is 13.7. The van der Waals surface area contributed by atoms with Gasteiger partial charge in [-0.25, -0.2) is 0 Å². The number of hydrogen-bond donors (Lipinski definition) is 0. The van der Waals surface area contributed by atoms with E-state index in [4.69, 9.17) is 14.2 Å². The van der Waals surface area contributed by atoms with Crippen LogP contribution < -0.4 is 0 Å². The second-order valence-electron chi connectivity index (χ2n) is 21.6. The number of ether oxygens (including phenoxy) is 3. The number of carbonyl (C=O) groups excluding carboxylic acids is 3. The first-order valence-corrected chi connectivity index (χ1v) is 33.6. The standard InChI is InChI=1S/C77H122O6/c1-4-7-10-13-16-19-22-25-28-30-32-34-35-36-37-38-39-40-41-43-44-46-49-52-55-58-61-64-67-70-76(79)82-73-74(72-81-75(78)69-66-63-60-57-54-51-48-27-24-21-18-15-12-9-6-3)83-77(80)71-68-65-62-59-56-53-50-47-45-42-33-31-29-26-23-20-17-14-11-8-5-2/h7-12,16-21,25-29,32-34,36-37,42,47-48,50,54,57,74H,4-6,13-15,22-24,30-31,35,38-41,43-46,49,51-53,55-56,58-73H2,1-3H3/b10-7-,11-8-,12-9-,19-16-,20-17-,21-18-,28-25-,29-26-,34-32-,37-36-,42-33-,48-27-,50-47-,57-54-. The van der Waals surface area contributed by atoms with Crippen LogP contribution in [0.4, 0.5) is 0 Å². The molecule has 0 aliphatic heterocycles. The van der Waals surface area contributed by atoms with E-state index in [-0.39, 0.29) is 37.5 Å². The average Bonchev–Trinajstić information content (AvgIpc) is 3.49. The molecular formula is C77H122O6. The lowest BCUT2D eigenvalue weighted by molar-refractivity contribution is -0.167. The number of esters is 3. The second-order valence-corrected chi connectivity index (χ2v) is 21.6. The first-order chi connectivity index (χ1) is 41.0. The Bertz CT molecular complexity index is 1890. The van der Waals surface area contributed by atoms with E-state index in [9.17, 15) is 14.4 Å². The minimum Gasteiger partial charge on any atom is -0.462 e. The van der Waals surface area contributed by atoms with Crippen molar-refractivity contribution in [1.29, 1.82) is 0 Å². The predicted octanol–water partition coefficient (Wildman–Crippen LogP) is 23.4. The molecule has 0 aliphatic carbocycles. The molecule has 83 heavy (non-hydrogen) atoms. The van der Waals surface area contributed by atoms with Crippen LogP contribution in [0, 0.1) is 0 Å². The molecule has 0 radical (unpaired) electrons. The highest BCUT2D eigenvalue weighted by molar-refractivity contribution is 5.71. The molecule has 0 heterocycles. The summed E-state index contributed by atoms with van der Waals surface area (Å²) in [5.74, 6) is -0.971. The van der Waals surface area contributed by atoms with Crippen molar-refractivity contribution in [3.8, 4) is 0 Å². The average molecular weight is 1140 g/mol. The van der Waals surface area contributed by atoms with Gasteiger partial charge in [-0.3, -0.25) is 14.4 Å². The van der Waals surface area contributed by atoms with Gasteiger partial charge in [-0.2, -0.15) is 0 Å². The molecular weight excluding hydrogens is 1020 g/mol. The summed E-state index contributed by atoms with van der Waals surface area (Å²) in [6.07, 6.45) is 102. The topological polar surface area (TPSA) is 78.9 Å². The molecule has 6 nitrogen and oxygen atoms in total. The number of hydrogen-bond acceptors (Lipinski definition) is 6. The molecule has 0 aromatic rings. The Labute approximate surface area is 511 Å². The Morgan fingerprint density at radius 1 is 0.241 bits per heavy atom. The summed E-state index contributed by atoms with van der Waals surface area (Å²) < 4.78 is 16.9. The van der Waals surface area contributed by atoms with Crippen LogP contribution in [0.2, 0.25) is 0 Å². The van der Waals surface area contributed by atoms with Crippen molar-refractivity contribution in [3.63, 3.8) is 0 Å². The number of allylic oxidation sites excluding steroid dienone is 28. The molecule has 0 N–H and O–H groups in total. The van der Waals surface area contributed by atoms with Crippen LogP contribution in [-0.4, -0.2) is 37.2 Å². The zero-order chi connectivity index (χ0) is 59.9. The van der Waals surface area contributed by atoms with Gasteiger partial charge in [0, 0.05) is 19.3 Å². The van der Waals surface area contributed by atoms with E-state index in [0.29, 0.717) is 19.3 Å². The lowest BCUT2D eigenvalue weighted by Crippen LogP contribution is -2.30. The minimum atomic E-state index is -0.816. The molecule has 1 unspecified atom stereocenters. The van der Waals surface area contributed by atoms with Gasteiger partial charge >= 0.3 is 17.9 Å². The molecule has 0 aliphatic rings. The third kappa shape index (κ3) is 67.4. The molecule has 0 aromatic heterocycles. The van der Waals surface area contributed by atoms with E-state index in [1.165, 1.54) is 70.6 Å². The second kappa shape index (κ2) is 69.3. The highest BCUT2D eigenvalue weighted by Crippen LogP contribution is 2.15. The Morgan fingerprint density at radius 3 is 0.699 bits per heavy atom. The fourth-order valence-electron chi connectivity index (χ4n) is 8.78. The molecule has 0 aromatic carbocycles. The molecule has 0 spiro atoms. The molecule has 0 saturated heterocycles. The van der Waals surface area contributed by atoms with Crippen LogP contribution in [0.5, 0.6) is 0 Å². The quantitative estimate of drug-likeness (QED) is 0.0261. The summed E-state index contributed by atoms with van der Waals surface area (Å²) >= 11 is 0. The molecule has 0 bridgehead atoms. The van der Waals surface area contributed by atoms with Crippen LogP contribution in [0.25, 0.3) is 0 Å². The molecule has 0 rings (SSSR count). The third-order valence-corrected chi connectivity index (χ3v) is 13.7. The molecule has 0 saturated carbocycles. The van der Waals surface area contributed by atoms with Crippen molar-refractivity contribution in [2.24, 2.45) is 0 Å². The van der Waals surface area contributed by atoms with Gasteiger partial charge < -0.3 is 14.2 Å². The van der Waals surface area contributed by atoms with Crippen molar-refractivity contribution in [2.45, 2.75) is 284 Å². The zero-order valence-electron chi connectivity index (χ0n) is 53.4. The maximum Gasteiger partial charge on any atom is 0.306 e. The first kappa shape index (κ1) is 77.8. The lowest BCUT2D eigenvalue weighted by atomic mass is 10.0. The van der Waals surface area contributed by atoms with Gasteiger partial charge in [-0.1, -0.05) is 281 Å². The highest BCUT2D eigenvalue weighted by atomic mass is 16.6. The van der Waals surface area contributed by atoms with Crippen LogP contribution in [0.3, 0.4) is 0 Å². The first-order valence-electron chi connectivity index (χ1n) is 33.6. The summed E-state index contributed by atoms with van der Waals surface area (Å²) in [6, 6.07) is 0. The summed E-state index contributed by atoms with van der Waals surface area (Å²) in [5.41, 5.74) is 0. The van der Waals surface area contributed by atoms with Gasteiger partial charge in [0.1, 0.15) is 13.2 Å². The predicted molar refractivity (Wildman–Crippen MR) is 361 cm³/mol. The maximum atomic E-state index is 12.9. The molecule has 0 fully saturated rings. The van der Waals surface area contributed by atoms with Crippen molar-refractivity contribution in [1.82, 2.24) is 0 Å². The highest BCUT2D eigenvalue weighted by Gasteiger charge is 2.19. The molecule has 6 heteroatoms. The van der Waals surface area contributed by atoms with Crippen LogP contribution >= 0.6 is 0 Å². The Balaban J connectivity index is 4.40. The normalized spacial score (nSPS) is 13.2. The Hall–Kier alpha value is -5.23. The summed E-state index contributed by atoms with van der Waals surface area (Å²) in [7, 11) is 0. The number of unbranched alkanes of at least 4 members (excludes halogenated alkanes) is 20. The number of rotatable bonds is 59. The fourth-order valence-corrected chi connectivity index (χ4v) is 8.78. The van der Waals surface area contributed by atoms with Crippen molar-refractivity contribution < 1.29 is 28.6 Å². The number of carbonyl (C=O) groups is 3. The fraction of sp³-hybridized carbons (Fsp3) is 0.597. The van der Waals surface area contributed by atoms with E-state index in [2.05, 4.69) is 191 Å². The van der Waals surface area contributed by atoms with Gasteiger partial charge in [-0.15, -0.1) is 0 Å². The summed E-state index contributed by atoms with van der Waals surface area (Å²) in [5, 5.41) is 0. The van der Waals surface area contributed by atoms with E-state index in [1.54, 1.807) is 0 Å². The molecule has 1 atom stereocenters. The smallest absolute Gasteiger partial charge is 0.306 e. The van der Waals surface area contributed by atoms with Gasteiger partial charge in [0.15, 0.2) is 6.10 Å². The summed E-state index contributed by atoms with van der Waals surface area (Å²) in [6.45, 7) is 6.25. The van der Waals surface area contributed by atoms with E-state index in [0.717, 1.165) is 161 Å². The maximum absolute atomic E-state index is 12.9. The molecule has 0 amide bonds. The van der Waals surface area contributed by atoms with Gasteiger partial charge in [0.25, 0.3) is 0 Å². The Morgan fingerprint density at radius 2 is 0.434 bits per heavy atom. The van der Waals surface area contributed by atoms with Crippen LogP contribution in [0.1, 0.15) is 278 Å². The van der Waals surface area contributed by atoms with E-state index in [1.807, 2.05) is 0 Å². The van der Waals surface area contributed by atoms with Gasteiger partial charge in [-0.05, 0) is 148 Å². The molecule has 466 valence electrons. The van der Waals surface area contributed by atoms with Crippen molar-refractivity contribution in [2.75, 3.05) is 13.2 Å². The monoisotopic (exact) mass is 1140 g/mol. The zero-order valence-corrected chi connectivity index (χ0v) is 53.4. The van der Waals surface area contributed by atoms with Gasteiger partial charge in [0.2, 0.25) is 0 Å². The van der Waals surface area contributed by atoms with Crippen LogP contribution in [-0.2, 0) is 28.6 Å².